The first-order chi connectivity index (χ1) is 20.0. The van der Waals surface area contributed by atoms with Gasteiger partial charge in [0, 0.05) is 56.8 Å². The number of aromatic nitrogens is 2. The molecule has 0 radical (unpaired) electrons. The molecule has 2 aliphatic heterocycles. The van der Waals surface area contributed by atoms with E-state index < -0.39 is 6.61 Å². The van der Waals surface area contributed by atoms with Gasteiger partial charge >= 0.3 is 6.01 Å². The van der Waals surface area contributed by atoms with Gasteiger partial charge in [0.15, 0.2) is 0 Å². The Hall–Kier alpha value is -3.73. The van der Waals surface area contributed by atoms with Gasteiger partial charge in [-0.05, 0) is 18.1 Å². The molecule has 10 heteroatoms. The number of carbonyl (C=O) groups excluding carboxylic acids is 1. The summed E-state index contributed by atoms with van der Waals surface area (Å²) in [5.41, 5.74) is 3.24. The van der Waals surface area contributed by atoms with Gasteiger partial charge in [-0.2, -0.15) is 9.97 Å². The van der Waals surface area contributed by atoms with Crippen molar-refractivity contribution in [1.29, 1.82) is 0 Å². The third kappa shape index (κ3) is 5.86. The molecule has 0 aliphatic carbocycles. The van der Waals surface area contributed by atoms with Gasteiger partial charge in [-0.15, -0.1) is 0 Å². The van der Waals surface area contributed by atoms with Crippen LogP contribution in [-0.4, -0.2) is 108 Å². The third-order valence-electron chi connectivity index (χ3n) is 8.40. The van der Waals surface area contributed by atoms with Crippen LogP contribution in [0.5, 0.6) is 17.8 Å². The van der Waals surface area contributed by atoms with Gasteiger partial charge in [0.2, 0.25) is 17.7 Å². The maximum absolute atomic E-state index is 12.5. The number of hydrogen-bond acceptors (Lipinski definition) is 9. The van der Waals surface area contributed by atoms with Crippen molar-refractivity contribution in [3.05, 3.63) is 77.4 Å². The minimum Gasteiger partial charge on any atom is -0.480 e. The molecule has 10 nitrogen and oxygen atoms in total. The maximum atomic E-state index is 12.5. The molecule has 2 fully saturated rings. The molecule has 2 aromatic carbocycles. The summed E-state index contributed by atoms with van der Waals surface area (Å²) in [7, 11) is 4.67. The van der Waals surface area contributed by atoms with E-state index in [4.69, 9.17) is 14.2 Å². The van der Waals surface area contributed by atoms with Crippen LogP contribution in [-0.2, 0) is 4.79 Å². The number of ether oxygens (including phenoxy) is 3. The minimum absolute atomic E-state index is 0.0616. The summed E-state index contributed by atoms with van der Waals surface area (Å²) in [5.74, 6) is 0.680. The van der Waals surface area contributed by atoms with Gasteiger partial charge in [0.1, 0.15) is 6.61 Å². The van der Waals surface area contributed by atoms with Crippen molar-refractivity contribution in [3.63, 3.8) is 0 Å². The summed E-state index contributed by atoms with van der Waals surface area (Å²) in [6.07, 6.45) is 0. The van der Waals surface area contributed by atoms with E-state index in [0.717, 1.165) is 18.7 Å². The summed E-state index contributed by atoms with van der Waals surface area (Å²) >= 11 is 0. The summed E-state index contributed by atoms with van der Waals surface area (Å²) in [6, 6.07) is 21.4. The Morgan fingerprint density at radius 3 is 1.98 bits per heavy atom. The quantitative estimate of drug-likeness (QED) is 0.423. The largest absolute Gasteiger partial charge is 0.480 e. The summed E-state index contributed by atoms with van der Waals surface area (Å²) < 4.78 is 16.7. The van der Waals surface area contributed by atoms with Gasteiger partial charge < -0.3 is 24.2 Å². The van der Waals surface area contributed by atoms with Gasteiger partial charge in [-0.25, -0.2) is 0 Å². The molecule has 1 aromatic heterocycles. The first-order valence-corrected chi connectivity index (χ1v) is 14.0. The molecule has 0 saturated carbocycles. The lowest BCUT2D eigenvalue weighted by Crippen LogP contribution is -2.67. The zero-order valence-electron chi connectivity index (χ0n) is 24.1. The van der Waals surface area contributed by atoms with Crippen LogP contribution in [0.1, 0.15) is 35.6 Å². The van der Waals surface area contributed by atoms with E-state index in [0.29, 0.717) is 31.4 Å². The number of piperazine rings is 2. The van der Waals surface area contributed by atoms with E-state index in [2.05, 4.69) is 75.2 Å². The highest BCUT2D eigenvalue weighted by molar-refractivity contribution is 5.77. The molecule has 0 bridgehead atoms. The molecular formula is C31H39N5O5. The van der Waals surface area contributed by atoms with Crippen molar-refractivity contribution in [1.82, 2.24) is 24.7 Å². The Morgan fingerprint density at radius 1 is 0.878 bits per heavy atom. The normalized spacial score (nSPS) is 20.4. The van der Waals surface area contributed by atoms with Crippen LogP contribution in [0.3, 0.4) is 0 Å². The number of benzene rings is 2. The van der Waals surface area contributed by atoms with Crippen molar-refractivity contribution in [3.8, 4) is 17.8 Å². The Kier molecular flexibility index (Phi) is 9.02. The number of amides is 1. The lowest BCUT2D eigenvalue weighted by Gasteiger charge is -2.54. The van der Waals surface area contributed by atoms with Crippen molar-refractivity contribution in [2.75, 3.05) is 60.7 Å². The Bertz CT molecular complexity index is 1250. The molecule has 2 saturated heterocycles. The van der Waals surface area contributed by atoms with Crippen molar-refractivity contribution >= 4 is 5.91 Å². The fraction of sp³-hybridized carbons (Fsp3) is 0.452. The van der Waals surface area contributed by atoms with E-state index in [-0.39, 0.29) is 36.0 Å². The van der Waals surface area contributed by atoms with Gasteiger partial charge in [-0.3, -0.25) is 14.6 Å². The number of methoxy groups -OCH3 is 3. The molecule has 0 spiro atoms. The zero-order valence-corrected chi connectivity index (χ0v) is 24.1. The predicted molar refractivity (Wildman–Crippen MR) is 154 cm³/mol. The first kappa shape index (κ1) is 28.8. The highest BCUT2D eigenvalue weighted by Gasteiger charge is 2.44. The molecule has 3 aromatic rings. The van der Waals surface area contributed by atoms with E-state index in [1.54, 1.807) is 19.1 Å². The zero-order chi connectivity index (χ0) is 28.9. The van der Waals surface area contributed by atoms with Crippen LogP contribution in [0.25, 0.3) is 0 Å². The lowest BCUT2D eigenvalue weighted by atomic mass is 9.81. The average Bonchev–Trinajstić information content (AvgIpc) is 3.03. The monoisotopic (exact) mass is 561 g/mol. The van der Waals surface area contributed by atoms with Crippen LogP contribution in [0.2, 0.25) is 0 Å². The molecule has 3 heterocycles. The summed E-state index contributed by atoms with van der Waals surface area (Å²) in [5, 5.41) is 9.60. The van der Waals surface area contributed by atoms with Crippen LogP contribution in [0.4, 0.5) is 0 Å². The number of aliphatic hydroxyl groups is 1. The van der Waals surface area contributed by atoms with Crippen LogP contribution < -0.4 is 14.2 Å². The molecule has 41 heavy (non-hydrogen) atoms. The Labute approximate surface area is 241 Å². The Balaban J connectivity index is 1.58. The molecule has 1 amide bonds. The first-order valence-electron chi connectivity index (χ1n) is 14.0. The molecule has 1 N–H and O–H groups in total. The van der Waals surface area contributed by atoms with E-state index >= 15 is 0 Å². The number of aliphatic hydroxyl groups excluding tert-OH is 1. The summed E-state index contributed by atoms with van der Waals surface area (Å²) in [6.45, 7) is 4.97. The molecule has 0 unspecified atom stereocenters. The van der Waals surface area contributed by atoms with E-state index in [1.165, 1.54) is 18.2 Å². The third-order valence-corrected chi connectivity index (χ3v) is 8.40. The van der Waals surface area contributed by atoms with Gasteiger partial charge in [0.05, 0.1) is 26.9 Å². The van der Waals surface area contributed by atoms with Gasteiger partial charge in [0.25, 0.3) is 0 Å². The molecule has 218 valence electrons. The predicted octanol–water partition coefficient (Wildman–Crippen LogP) is 2.58. The number of nitrogens with zero attached hydrogens (tertiary/aromatic N) is 5. The topological polar surface area (TPSA) is 100 Å². The second kappa shape index (κ2) is 12.8. The number of fused-ring (bicyclic) bond motifs is 1. The molecular weight excluding hydrogens is 522 g/mol. The van der Waals surface area contributed by atoms with Crippen LogP contribution in [0, 0.1) is 0 Å². The second-order valence-electron chi connectivity index (χ2n) is 10.5. The molecule has 3 atom stereocenters. The summed E-state index contributed by atoms with van der Waals surface area (Å²) in [4.78, 5) is 28.2. The number of hydrogen-bond donors (Lipinski definition) is 1. The SMILES string of the molecule is COc1nc(OC)c([C@@H](C)N2C[C@@H]3CN(C(=O)CO)CCN3[C@H](C(c3ccccc3)c3ccccc3)C2)c(OC)n1. The number of carbonyl (C=O) groups is 1. The van der Waals surface area contributed by atoms with E-state index in [1.807, 2.05) is 12.1 Å². The maximum Gasteiger partial charge on any atom is 0.322 e. The van der Waals surface area contributed by atoms with E-state index in [9.17, 15) is 9.90 Å². The van der Waals surface area contributed by atoms with Crippen molar-refractivity contribution < 1.29 is 24.1 Å². The second-order valence-corrected chi connectivity index (χ2v) is 10.5. The smallest absolute Gasteiger partial charge is 0.322 e. The highest BCUT2D eigenvalue weighted by Crippen LogP contribution is 2.41. The lowest BCUT2D eigenvalue weighted by molar-refractivity contribution is -0.140. The minimum atomic E-state index is -0.482. The van der Waals surface area contributed by atoms with Crippen LogP contribution in [0.15, 0.2) is 60.7 Å². The Morgan fingerprint density at radius 2 is 1.46 bits per heavy atom. The fourth-order valence-corrected chi connectivity index (χ4v) is 6.41. The van der Waals surface area contributed by atoms with Crippen molar-refractivity contribution in [2.24, 2.45) is 0 Å². The van der Waals surface area contributed by atoms with Crippen molar-refractivity contribution in [2.45, 2.75) is 31.0 Å². The number of rotatable bonds is 9. The van der Waals surface area contributed by atoms with Crippen LogP contribution >= 0.6 is 0 Å². The van der Waals surface area contributed by atoms with Gasteiger partial charge in [-0.1, -0.05) is 60.7 Å². The highest BCUT2D eigenvalue weighted by atomic mass is 16.5. The average molecular weight is 562 g/mol. The standard InChI is InChI=1S/C31H39N5O5/c1-21(27-29(39-2)32-31(41-4)33-30(27)40-3)35-18-24-17-34(26(38)20-37)15-16-36(24)25(19-35)28(22-11-7-5-8-12-22)23-13-9-6-10-14-23/h5-14,21,24-25,28,37H,15-20H2,1-4H3/t21-,24+,25+/m1/s1. The fourth-order valence-electron chi connectivity index (χ4n) is 6.41. The molecule has 5 rings (SSSR count). The molecule has 2 aliphatic rings.